The first kappa shape index (κ1) is 55.1. The van der Waals surface area contributed by atoms with E-state index in [1.54, 1.807) is 18.2 Å². The molecule has 5 heterocycles. The van der Waals surface area contributed by atoms with Crippen molar-refractivity contribution in [3.05, 3.63) is 69.2 Å². The van der Waals surface area contributed by atoms with E-state index in [2.05, 4.69) is 64.0 Å². The van der Waals surface area contributed by atoms with Crippen molar-refractivity contribution in [3.63, 3.8) is 0 Å². The summed E-state index contributed by atoms with van der Waals surface area (Å²) in [5.74, 6) is -0.848. The summed E-state index contributed by atoms with van der Waals surface area (Å²) < 4.78 is 69.8. The molecule has 5 atom stereocenters. The van der Waals surface area contributed by atoms with Crippen LogP contribution in [0.25, 0.3) is 21.9 Å². The number of aliphatic hydroxyl groups excluding tert-OH is 1. The van der Waals surface area contributed by atoms with Gasteiger partial charge in [0.2, 0.25) is 23.3 Å². The van der Waals surface area contributed by atoms with Gasteiger partial charge in [0.25, 0.3) is 14.4 Å². The number of hydrogen-bond acceptors (Lipinski definition) is 14. The van der Waals surface area contributed by atoms with Crippen molar-refractivity contribution in [2.45, 2.75) is 162 Å². The molecule has 4 aromatic rings. The standard InChI is InChI=1S/C52H73N8O11PS.CH4/c1-7-42(41-31-59(43-20-19-37(29-39(41)43)57-73(6,66)67)48-30-44(45(32-61)69-48)71-72(68-26-14-21-53)60(33(2)3)34(4)5)56-47(63)18-11-9-8-10-17-46(62)54-22-23-55-51(64)40-28-36-27-35-15-12-24-58-25-13-16-38(49(35)58)50(36)70-52(40)65;/h19-20,27-29,31,33-34,42,44-45,48,57,61H,7-18,22-26,30,32H2,1-6H3,(H,54,62)(H,55,64)(H,56,63);1H4/i61D;1T. The number of aliphatic hydroxyl groups is 1. The van der Waals surface area contributed by atoms with E-state index >= 15 is 0 Å². The first-order valence-electron chi connectivity index (χ1n) is 27.2. The number of nitrogens with one attached hydrogen (secondary N) is 4. The van der Waals surface area contributed by atoms with Crippen LogP contribution < -0.4 is 31.2 Å². The van der Waals surface area contributed by atoms with Gasteiger partial charge in [-0.3, -0.25) is 19.1 Å². The highest BCUT2D eigenvalue weighted by Gasteiger charge is 2.41. The summed E-state index contributed by atoms with van der Waals surface area (Å²) in [7, 11) is -3.98. The smallest absolute Gasteiger partial charge is 0.349 e. The molecule has 0 bridgehead atoms. The summed E-state index contributed by atoms with van der Waals surface area (Å²) in [5.41, 5.74) is 5.18. The van der Waals surface area contributed by atoms with Crippen molar-refractivity contribution in [2.24, 2.45) is 0 Å². The molecule has 21 heteroatoms. The summed E-state index contributed by atoms with van der Waals surface area (Å²) >= 11 is 0. The molecule has 2 aromatic carbocycles. The minimum Gasteiger partial charge on any atom is -0.422 e. The Morgan fingerprint density at radius 1 is 1.04 bits per heavy atom. The van der Waals surface area contributed by atoms with Gasteiger partial charge in [0, 0.05) is 98.4 Å². The zero-order chi connectivity index (χ0) is 55.1. The molecule has 7 rings (SSSR count). The first-order chi connectivity index (χ1) is 36.5. The maximum atomic E-state index is 13.5. The Kier molecular flexibility index (Phi) is 19.8. The van der Waals surface area contributed by atoms with Crippen LogP contribution in [0.4, 0.5) is 11.4 Å². The number of nitrogens with zero attached hydrogens (tertiary/aromatic N) is 4. The van der Waals surface area contributed by atoms with Crippen molar-refractivity contribution in [3.8, 4) is 6.07 Å². The lowest BCUT2D eigenvalue weighted by atomic mass is 9.90. The third kappa shape index (κ3) is 14.4. The van der Waals surface area contributed by atoms with Crippen molar-refractivity contribution in [1.29, 1.82) is 6.69 Å². The summed E-state index contributed by atoms with van der Waals surface area (Å²) in [4.78, 5) is 54.6. The van der Waals surface area contributed by atoms with Crippen LogP contribution in [-0.4, -0.2) is 112 Å². The molecule has 74 heavy (non-hydrogen) atoms. The second-order valence-electron chi connectivity index (χ2n) is 19.8. The normalized spacial score (nSPS) is 18.6. The average Bonchev–Trinajstić information content (AvgIpc) is 3.97. The molecular formula is C53H77N8O11PS. The summed E-state index contributed by atoms with van der Waals surface area (Å²) in [6.45, 7) is 12.6. The number of aromatic nitrogens is 1. The lowest BCUT2D eigenvalue weighted by Gasteiger charge is -2.37. The van der Waals surface area contributed by atoms with Crippen molar-refractivity contribution >= 4 is 69.5 Å². The van der Waals surface area contributed by atoms with Crippen LogP contribution in [0.1, 0.15) is 153 Å². The van der Waals surface area contributed by atoms with Gasteiger partial charge < -0.3 is 48.7 Å². The van der Waals surface area contributed by atoms with E-state index in [4.69, 9.17) is 26.1 Å². The number of anilines is 2. The second-order valence-corrected chi connectivity index (χ2v) is 22.9. The van der Waals surface area contributed by atoms with Crippen molar-refractivity contribution in [1.82, 2.24) is 25.2 Å². The predicted molar refractivity (Wildman–Crippen MR) is 288 cm³/mol. The number of sulfonamides is 1. The van der Waals surface area contributed by atoms with E-state index in [1.807, 2.05) is 29.8 Å². The Bertz CT molecular complexity index is 2830. The molecule has 19 nitrogen and oxygen atoms in total. The molecule has 0 saturated carbocycles. The maximum absolute atomic E-state index is 13.5. The Morgan fingerprint density at radius 2 is 1.76 bits per heavy atom. The SMILES string of the molecule is [2H]OCC1OC(n2cc(C(CC)NC(=O)CCCCCCC(=O)NCCNC(=O)c3cc4cc5c6c(c4oc3=O)CCCN6CCC5)c3cc(NS(C)(=O)=O)ccc32)CC1OP(OCCC#N)N(C(C)C)C(C)C.[3H]C. The Balaban J connectivity index is 0.00000463. The molecule has 3 aliphatic heterocycles. The highest BCUT2D eigenvalue weighted by Crippen LogP contribution is 2.50. The second kappa shape index (κ2) is 26.6. The zero-order valence-corrected chi connectivity index (χ0v) is 45.7. The molecule has 406 valence electrons. The number of ether oxygens (including phenoxy) is 1. The maximum Gasteiger partial charge on any atom is 0.349 e. The third-order valence-corrected chi connectivity index (χ3v) is 16.3. The van der Waals surface area contributed by atoms with Gasteiger partial charge in [0.05, 0.1) is 49.6 Å². The van der Waals surface area contributed by atoms with Crippen LogP contribution in [0.2, 0.25) is 0 Å². The summed E-state index contributed by atoms with van der Waals surface area (Å²) in [6, 6.07) is 10.7. The molecular weight excluding hydrogens is 988 g/mol. The summed E-state index contributed by atoms with van der Waals surface area (Å²) in [6.07, 6.45) is 9.43. The van der Waals surface area contributed by atoms with Gasteiger partial charge in [-0.2, -0.15) is 5.26 Å². The Morgan fingerprint density at radius 3 is 2.45 bits per heavy atom. The predicted octanol–water partition coefficient (Wildman–Crippen LogP) is 7.85. The van der Waals surface area contributed by atoms with Gasteiger partial charge in [0.15, 0.2) is 0 Å². The lowest BCUT2D eigenvalue weighted by Crippen LogP contribution is -2.36. The number of benzene rings is 2. The van der Waals surface area contributed by atoms with E-state index in [9.17, 15) is 32.9 Å². The van der Waals surface area contributed by atoms with Crippen molar-refractivity contribution in [2.75, 3.05) is 55.3 Å². The van der Waals surface area contributed by atoms with E-state index < -0.39 is 54.6 Å². The molecule has 0 spiro atoms. The molecule has 1 saturated heterocycles. The fourth-order valence-corrected chi connectivity index (χ4v) is 12.7. The van der Waals surface area contributed by atoms with Crippen LogP contribution in [0.15, 0.2) is 45.7 Å². The minimum atomic E-state index is -3.60. The van der Waals surface area contributed by atoms with Crippen LogP contribution in [-0.2, 0) is 46.2 Å². The van der Waals surface area contributed by atoms with Gasteiger partial charge in [-0.15, -0.1) is 0 Å². The van der Waals surface area contributed by atoms with E-state index in [0.717, 1.165) is 85.3 Å². The third-order valence-electron chi connectivity index (χ3n) is 13.6. The molecule has 5 unspecified atom stereocenters. The Hall–Kier alpha value is -5.13. The fraction of sp³-hybridized carbons (Fsp3) is 0.604. The highest BCUT2D eigenvalue weighted by molar-refractivity contribution is 7.92. The highest BCUT2D eigenvalue weighted by atomic mass is 32.2. The number of carbonyl (C=O) groups excluding carboxylic acids is 3. The van der Waals surface area contributed by atoms with Crippen LogP contribution in [0.3, 0.4) is 0 Å². The lowest BCUT2D eigenvalue weighted by molar-refractivity contribution is -0.122. The molecule has 1 fully saturated rings. The van der Waals surface area contributed by atoms with Gasteiger partial charge >= 0.3 is 5.63 Å². The number of fused-ring (bicyclic) bond motifs is 3. The fourth-order valence-electron chi connectivity index (χ4n) is 10.4. The van der Waals surface area contributed by atoms with E-state index in [1.165, 1.54) is 18.7 Å². The number of rotatable bonds is 27. The first-order valence-corrected chi connectivity index (χ1v) is 28.8. The quantitative estimate of drug-likeness (QED) is 0.0217. The molecule has 0 radical (unpaired) electrons. The van der Waals surface area contributed by atoms with Gasteiger partial charge in [-0.25, -0.2) is 17.9 Å². The minimum absolute atomic E-state index is 0.0585. The average molecular weight is 1070 g/mol. The van der Waals surface area contributed by atoms with Crippen LogP contribution >= 0.6 is 8.53 Å². The zero-order valence-electron chi connectivity index (χ0n) is 46.0. The molecule has 3 amide bonds. The van der Waals surface area contributed by atoms with Crippen molar-refractivity contribution < 1.29 is 47.5 Å². The van der Waals surface area contributed by atoms with Crippen LogP contribution in [0.5, 0.6) is 0 Å². The largest absolute Gasteiger partial charge is 0.422 e. The number of nitriles is 1. The summed E-state index contributed by atoms with van der Waals surface area (Å²) in [5, 5.41) is 24.3. The molecule has 2 aromatic heterocycles. The molecule has 0 aliphatic carbocycles. The number of hydrogen-bond donors (Lipinski definition) is 5. The number of amides is 3. The molecule has 3 aliphatic rings. The monoisotopic (exact) mass is 1070 g/mol. The number of carbonyl (C=O) groups is 3. The van der Waals surface area contributed by atoms with Gasteiger partial charge in [-0.1, -0.05) is 27.2 Å². The van der Waals surface area contributed by atoms with E-state index in [0.29, 0.717) is 37.0 Å². The number of unbranched alkanes of at least 4 members (excludes halogenated alkanes) is 3. The molecule has 5 N–H and O–H groups in total. The Labute approximate surface area is 439 Å². The van der Waals surface area contributed by atoms with Gasteiger partial charge in [0.1, 0.15) is 23.5 Å². The topological polar surface area (TPSA) is 247 Å². The van der Waals surface area contributed by atoms with Crippen LogP contribution in [0, 0.1) is 11.3 Å². The van der Waals surface area contributed by atoms with E-state index in [-0.39, 0.29) is 75.0 Å². The van der Waals surface area contributed by atoms with Gasteiger partial charge in [-0.05, 0) is 109 Å². The number of aryl methyl sites for hydroxylation is 2.